The summed E-state index contributed by atoms with van der Waals surface area (Å²) >= 11 is -3.05. The standard InChI is InChI=1S/2C13H9.2C9H7.Cr/c2*1-3-7-12-10(5-1)9-11-6-2-4-8-13(11)12;2*1-2-5-9-7-3-6-8(9)4-1;/h2*1-9H;2*1-7H;. The Morgan fingerprint density at radius 3 is 0.956 bits per heavy atom. The molecule has 2 unspecified atom stereocenters. The average Bonchev–Trinajstić information content (AvgIpc) is 3.88. The van der Waals surface area contributed by atoms with Crippen LogP contribution in [0.4, 0.5) is 0 Å². The number of rotatable bonds is 4. The van der Waals surface area contributed by atoms with Crippen LogP contribution >= 0.6 is 0 Å². The molecule has 45 heavy (non-hydrogen) atoms. The second kappa shape index (κ2) is 9.66. The van der Waals surface area contributed by atoms with Gasteiger partial charge in [-0.3, -0.25) is 0 Å². The molecule has 0 heterocycles. The van der Waals surface area contributed by atoms with Gasteiger partial charge in [0.1, 0.15) is 0 Å². The third kappa shape index (κ3) is 3.38. The third-order valence-electron chi connectivity index (χ3n) is 10.8. The number of fused-ring (bicyclic) bond motifs is 8. The van der Waals surface area contributed by atoms with Gasteiger partial charge in [0.25, 0.3) is 0 Å². The van der Waals surface area contributed by atoms with E-state index in [4.69, 9.17) is 0 Å². The first kappa shape index (κ1) is 25.6. The summed E-state index contributed by atoms with van der Waals surface area (Å²) in [6, 6.07) is 56.0. The van der Waals surface area contributed by atoms with Crippen molar-refractivity contribution in [3.05, 3.63) is 202 Å². The van der Waals surface area contributed by atoms with Crippen LogP contribution in [0.5, 0.6) is 0 Å². The van der Waals surface area contributed by atoms with Gasteiger partial charge in [0.05, 0.1) is 0 Å². The zero-order valence-corrected chi connectivity index (χ0v) is 26.2. The van der Waals surface area contributed by atoms with E-state index in [1.54, 1.807) is 0 Å². The SMILES string of the molecule is C1=C[CH]([Cr]([CH]2C=Cc3ccccc32)([CH]2c3ccccc3-c3ccccc32)[CH]2c3ccccc3-c3ccccc32)c2ccccc21. The van der Waals surface area contributed by atoms with Crippen molar-refractivity contribution in [3.8, 4) is 22.3 Å². The first-order chi connectivity index (χ1) is 22.4. The Bertz CT molecular complexity index is 1970. The van der Waals surface area contributed by atoms with Crippen molar-refractivity contribution in [2.75, 3.05) is 0 Å². The van der Waals surface area contributed by atoms with E-state index in [2.05, 4.69) is 170 Å². The summed E-state index contributed by atoms with van der Waals surface area (Å²) in [7, 11) is 0. The average molecular weight is 613 g/mol. The first-order valence-electron chi connectivity index (χ1n) is 16.0. The molecule has 0 N–H and O–H groups in total. The minimum atomic E-state index is -3.05. The Kier molecular flexibility index (Phi) is 5.51. The van der Waals surface area contributed by atoms with Crippen molar-refractivity contribution in [2.45, 2.75) is 19.1 Å². The predicted molar refractivity (Wildman–Crippen MR) is 184 cm³/mol. The molecule has 0 fully saturated rings. The summed E-state index contributed by atoms with van der Waals surface area (Å²) in [6.45, 7) is 0. The molecule has 10 rings (SSSR count). The maximum absolute atomic E-state index is 3.05. The van der Waals surface area contributed by atoms with Crippen LogP contribution in [0.2, 0.25) is 0 Å². The number of allylic oxidation sites excluding steroid dienone is 2. The molecule has 1 heteroatoms. The fourth-order valence-electron chi connectivity index (χ4n) is 9.12. The molecule has 0 saturated carbocycles. The van der Waals surface area contributed by atoms with E-state index in [1.165, 1.54) is 66.8 Å². The van der Waals surface area contributed by atoms with Gasteiger partial charge in [-0.25, -0.2) is 0 Å². The topological polar surface area (TPSA) is 0 Å². The molecule has 0 aromatic heterocycles. The van der Waals surface area contributed by atoms with E-state index in [0.29, 0.717) is 19.1 Å². The van der Waals surface area contributed by atoms with Crippen molar-refractivity contribution >= 4 is 12.2 Å². The summed E-state index contributed by atoms with van der Waals surface area (Å²) in [6.07, 6.45) is 10.1. The van der Waals surface area contributed by atoms with Gasteiger partial charge in [-0.2, -0.15) is 0 Å². The molecule has 0 nitrogen and oxygen atoms in total. The zero-order valence-electron chi connectivity index (χ0n) is 24.9. The fourth-order valence-corrected chi connectivity index (χ4v) is 19.0. The van der Waals surface area contributed by atoms with E-state index in [-0.39, 0.29) is 0 Å². The molecule has 0 radical (unpaired) electrons. The molecule has 4 aliphatic carbocycles. The second-order valence-corrected chi connectivity index (χ2v) is 18.4. The Morgan fingerprint density at radius 2 is 0.600 bits per heavy atom. The molecule has 0 saturated heterocycles. The van der Waals surface area contributed by atoms with Gasteiger partial charge in [-0.1, -0.05) is 0 Å². The van der Waals surface area contributed by atoms with Crippen LogP contribution in [0.1, 0.15) is 63.6 Å². The monoisotopic (exact) mass is 612 g/mol. The molecular formula is C44H32Cr. The number of benzene rings is 6. The molecule has 0 bridgehead atoms. The molecular weight excluding hydrogens is 580 g/mol. The molecule has 0 aliphatic heterocycles. The van der Waals surface area contributed by atoms with Crippen molar-refractivity contribution < 1.29 is 13.1 Å². The Morgan fingerprint density at radius 1 is 0.311 bits per heavy atom. The number of hydrogen-bond acceptors (Lipinski definition) is 0. The van der Waals surface area contributed by atoms with Crippen LogP contribution in [0.3, 0.4) is 0 Å². The van der Waals surface area contributed by atoms with E-state index in [0.717, 1.165) is 0 Å². The van der Waals surface area contributed by atoms with Gasteiger partial charge in [-0.05, 0) is 0 Å². The second-order valence-electron chi connectivity index (χ2n) is 12.7. The van der Waals surface area contributed by atoms with Gasteiger partial charge in [0.2, 0.25) is 0 Å². The maximum atomic E-state index is 2.63. The number of hydrogen-bond donors (Lipinski definition) is 0. The van der Waals surface area contributed by atoms with Gasteiger partial charge in [-0.15, -0.1) is 0 Å². The fraction of sp³-hybridized carbons (Fsp3) is 0.0909. The summed E-state index contributed by atoms with van der Waals surface area (Å²) < 4.78 is 1.32. The van der Waals surface area contributed by atoms with Crippen LogP contribution < -0.4 is 0 Å². The molecule has 0 spiro atoms. The normalized spacial score (nSPS) is 19.1. The first-order valence-corrected chi connectivity index (χ1v) is 19.0. The molecule has 6 aromatic carbocycles. The summed E-state index contributed by atoms with van der Waals surface area (Å²) in [5.74, 6) is 0. The van der Waals surface area contributed by atoms with Crippen LogP contribution in [-0.2, 0) is 13.1 Å². The van der Waals surface area contributed by atoms with Crippen LogP contribution in [0.25, 0.3) is 34.4 Å². The summed E-state index contributed by atoms with van der Waals surface area (Å²) in [5, 5.41) is 0. The Balaban J connectivity index is 1.40. The van der Waals surface area contributed by atoms with Crippen molar-refractivity contribution in [1.82, 2.24) is 0 Å². The van der Waals surface area contributed by atoms with Crippen molar-refractivity contribution in [3.63, 3.8) is 0 Å². The van der Waals surface area contributed by atoms with Crippen LogP contribution in [-0.4, -0.2) is 0 Å². The predicted octanol–water partition coefficient (Wildman–Crippen LogP) is 11.2. The van der Waals surface area contributed by atoms with Crippen LogP contribution in [0.15, 0.2) is 158 Å². The zero-order chi connectivity index (χ0) is 29.5. The van der Waals surface area contributed by atoms with E-state index in [9.17, 15) is 0 Å². The van der Waals surface area contributed by atoms with Gasteiger partial charge < -0.3 is 0 Å². The van der Waals surface area contributed by atoms with E-state index in [1.807, 2.05) is 0 Å². The molecule has 0 amide bonds. The summed E-state index contributed by atoms with van der Waals surface area (Å²) in [5.41, 5.74) is 17.6. The molecule has 6 aromatic rings. The van der Waals surface area contributed by atoms with Gasteiger partial charge >= 0.3 is 269 Å². The molecule has 4 aliphatic rings. The van der Waals surface area contributed by atoms with Crippen LogP contribution in [0, 0.1) is 0 Å². The summed E-state index contributed by atoms with van der Waals surface area (Å²) in [4.78, 5) is 0. The van der Waals surface area contributed by atoms with Crippen molar-refractivity contribution in [2.24, 2.45) is 0 Å². The third-order valence-corrected chi connectivity index (χ3v) is 18.9. The van der Waals surface area contributed by atoms with E-state index < -0.39 is 13.1 Å². The van der Waals surface area contributed by atoms with Crippen molar-refractivity contribution in [1.29, 1.82) is 0 Å². The minimum absolute atomic E-state index is 0.319. The molecule has 214 valence electrons. The molecule has 2 atom stereocenters. The Labute approximate surface area is 267 Å². The Hall–Kier alpha value is -4.67. The van der Waals surface area contributed by atoms with E-state index >= 15 is 0 Å². The quantitative estimate of drug-likeness (QED) is 0.186. The van der Waals surface area contributed by atoms with Gasteiger partial charge in [0, 0.05) is 0 Å². The van der Waals surface area contributed by atoms with Gasteiger partial charge in [0.15, 0.2) is 0 Å².